The molecular weight excluding hydrogens is 334 g/mol. The lowest BCUT2D eigenvalue weighted by Crippen LogP contribution is -2.44. The van der Waals surface area contributed by atoms with Crippen LogP contribution < -0.4 is 0 Å². The molecule has 0 bridgehead atoms. The molecule has 0 radical (unpaired) electrons. The van der Waals surface area contributed by atoms with Gasteiger partial charge in [-0.2, -0.15) is 5.10 Å². The van der Waals surface area contributed by atoms with E-state index in [9.17, 15) is 4.79 Å². The first-order chi connectivity index (χ1) is 9.81. The summed E-state index contributed by atoms with van der Waals surface area (Å²) >= 11 is 3.53. The van der Waals surface area contributed by atoms with Crippen LogP contribution in [0.2, 0.25) is 0 Å². The van der Waals surface area contributed by atoms with Gasteiger partial charge in [0.1, 0.15) is 11.8 Å². The van der Waals surface area contributed by atoms with Gasteiger partial charge in [0.25, 0.3) is 0 Å². The van der Waals surface area contributed by atoms with Gasteiger partial charge in [0.05, 0.1) is 10.2 Å². The molecule has 1 aliphatic rings. The minimum Gasteiger partial charge on any atom is -0.444 e. The van der Waals surface area contributed by atoms with E-state index < -0.39 is 5.60 Å². The number of hydrogen-bond acceptors (Lipinski definition) is 3. The van der Waals surface area contributed by atoms with Crippen molar-refractivity contribution < 1.29 is 9.53 Å². The number of ether oxygens (including phenoxy) is 1. The smallest absolute Gasteiger partial charge is 0.411 e. The van der Waals surface area contributed by atoms with E-state index in [1.54, 1.807) is 4.90 Å². The number of nitrogens with zero attached hydrogens (tertiary/aromatic N) is 3. The molecule has 0 spiro atoms. The fourth-order valence-electron chi connectivity index (χ4n) is 2.52. The maximum atomic E-state index is 12.4. The third-order valence-corrected chi connectivity index (χ3v) is 4.16. The Morgan fingerprint density at radius 1 is 1.48 bits per heavy atom. The van der Waals surface area contributed by atoms with Crippen LogP contribution >= 0.6 is 15.9 Å². The zero-order chi connectivity index (χ0) is 15.6. The van der Waals surface area contributed by atoms with Crippen LogP contribution in [0, 0.1) is 0 Å². The third kappa shape index (κ3) is 3.99. The average molecular weight is 358 g/mol. The fourth-order valence-corrected chi connectivity index (χ4v) is 3.09. The molecule has 1 unspecified atom stereocenters. The zero-order valence-electron chi connectivity index (χ0n) is 13.2. The predicted molar refractivity (Wildman–Crippen MR) is 85.1 cm³/mol. The minimum absolute atomic E-state index is 0.0507. The summed E-state index contributed by atoms with van der Waals surface area (Å²) in [4.78, 5) is 14.2. The van der Waals surface area contributed by atoms with E-state index in [1.807, 2.05) is 31.6 Å². The van der Waals surface area contributed by atoms with Crippen LogP contribution in [0.15, 0.2) is 10.7 Å². The first-order valence-corrected chi connectivity index (χ1v) is 8.34. The second-order valence-corrected chi connectivity index (χ2v) is 7.26. The van der Waals surface area contributed by atoms with Crippen molar-refractivity contribution >= 4 is 22.0 Å². The molecule has 1 amide bonds. The number of rotatable bonds is 2. The lowest BCUT2D eigenvalue weighted by Gasteiger charge is -2.36. The quantitative estimate of drug-likeness (QED) is 0.799. The van der Waals surface area contributed by atoms with Crippen molar-refractivity contribution in [1.82, 2.24) is 14.7 Å². The van der Waals surface area contributed by atoms with E-state index in [4.69, 9.17) is 4.74 Å². The molecule has 0 aliphatic carbocycles. The highest BCUT2D eigenvalue weighted by Gasteiger charge is 2.32. The molecule has 1 aliphatic heterocycles. The van der Waals surface area contributed by atoms with Gasteiger partial charge >= 0.3 is 6.09 Å². The molecule has 2 heterocycles. The molecule has 2 rings (SSSR count). The third-order valence-electron chi connectivity index (χ3n) is 3.50. The second-order valence-electron chi connectivity index (χ2n) is 6.41. The molecule has 118 valence electrons. The molecule has 1 saturated heterocycles. The van der Waals surface area contributed by atoms with Crippen LogP contribution in [0.4, 0.5) is 4.79 Å². The van der Waals surface area contributed by atoms with Gasteiger partial charge in [0, 0.05) is 12.7 Å². The molecule has 6 heteroatoms. The predicted octanol–water partition coefficient (Wildman–Crippen LogP) is 4.13. The Balaban J connectivity index is 2.20. The Bertz CT molecular complexity index is 508. The summed E-state index contributed by atoms with van der Waals surface area (Å²) in [5.74, 6) is 0. The summed E-state index contributed by atoms with van der Waals surface area (Å²) in [6, 6.07) is 0. The minimum atomic E-state index is -0.474. The summed E-state index contributed by atoms with van der Waals surface area (Å²) < 4.78 is 8.42. The summed E-state index contributed by atoms with van der Waals surface area (Å²) in [5, 5.41) is 4.60. The van der Waals surface area contributed by atoms with E-state index in [-0.39, 0.29) is 12.3 Å². The Kier molecular flexibility index (Phi) is 4.96. The summed E-state index contributed by atoms with van der Waals surface area (Å²) in [6.07, 6.45) is 5.55. The lowest BCUT2D eigenvalue weighted by molar-refractivity contribution is -0.00352. The number of piperidine rings is 1. The largest absolute Gasteiger partial charge is 0.444 e. The highest BCUT2D eigenvalue weighted by Crippen LogP contribution is 2.29. The topological polar surface area (TPSA) is 47.4 Å². The van der Waals surface area contributed by atoms with Crippen LogP contribution in [0.3, 0.4) is 0 Å². The highest BCUT2D eigenvalue weighted by molar-refractivity contribution is 9.10. The monoisotopic (exact) mass is 357 g/mol. The summed E-state index contributed by atoms with van der Waals surface area (Å²) in [6.45, 7) is 8.47. The number of carbonyl (C=O) groups is 1. The molecule has 1 aromatic rings. The van der Waals surface area contributed by atoms with E-state index in [0.29, 0.717) is 0 Å². The number of carbonyl (C=O) groups excluding carboxylic acids is 1. The van der Waals surface area contributed by atoms with Gasteiger partial charge in [-0.25, -0.2) is 9.48 Å². The van der Waals surface area contributed by atoms with Crippen LogP contribution in [-0.4, -0.2) is 32.9 Å². The number of aryl methyl sites for hydroxylation is 1. The average Bonchev–Trinajstić information content (AvgIpc) is 2.78. The molecule has 1 aromatic heterocycles. The van der Waals surface area contributed by atoms with Gasteiger partial charge < -0.3 is 4.74 Å². The lowest BCUT2D eigenvalue weighted by atomic mass is 10.1. The standard InChI is InChI=1S/C15H24BrN3O2/c1-5-12-11(16)10-19(17-12)13-8-6-7-9-18(13)14(20)21-15(2,3)4/h10,13H,5-9H2,1-4H3. The highest BCUT2D eigenvalue weighted by atomic mass is 79.9. The second kappa shape index (κ2) is 6.38. The Morgan fingerprint density at radius 3 is 2.76 bits per heavy atom. The molecule has 0 aromatic carbocycles. The number of hydrogen-bond donors (Lipinski definition) is 0. The van der Waals surface area contributed by atoms with Gasteiger partial charge in [-0.1, -0.05) is 6.92 Å². The van der Waals surface area contributed by atoms with Crippen LogP contribution in [0.5, 0.6) is 0 Å². The molecule has 21 heavy (non-hydrogen) atoms. The SMILES string of the molecule is CCc1nn(C2CCCCN2C(=O)OC(C)(C)C)cc1Br. The first kappa shape index (κ1) is 16.3. The van der Waals surface area contributed by atoms with Gasteiger partial charge in [-0.05, 0) is 62.4 Å². The van der Waals surface area contributed by atoms with Crippen molar-refractivity contribution in [3.05, 3.63) is 16.4 Å². The number of amides is 1. The maximum Gasteiger partial charge on any atom is 0.411 e. The molecule has 0 saturated carbocycles. The molecule has 1 fully saturated rings. The maximum absolute atomic E-state index is 12.4. The first-order valence-electron chi connectivity index (χ1n) is 7.55. The van der Waals surface area contributed by atoms with Gasteiger partial charge in [-0.3, -0.25) is 4.90 Å². The van der Waals surface area contributed by atoms with Crippen molar-refractivity contribution in [2.45, 2.75) is 65.1 Å². The Hall–Kier alpha value is -1.04. The van der Waals surface area contributed by atoms with E-state index in [0.717, 1.165) is 42.4 Å². The number of likely N-dealkylation sites (tertiary alicyclic amines) is 1. The van der Waals surface area contributed by atoms with Crippen LogP contribution in [0.25, 0.3) is 0 Å². The van der Waals surface area contributed by atoms with Crippen molar-refractivity contribution in [1.29, 1.82) is 0 Å². The van der Waals surface area contributed by atoms with E-state index in [2.05, 4.69) is 28.0 Å². The molecular formula is C15H24BrN3O2. The summed E-state index contributed by atoms with van der Waals surface area (Å²) in [7, 11) is 0. The fraction of sp³-hybridized carbons (Fsp3) is 0.733. The molecule has 0 N–H and O–H groups in total. The normalized spacial score (nSPS) is 19.7. The molecule has 5 nitrogen and oxygen atoms in total. The Labute approximate surface area is 134 Å². The van der Waals surface area contributed by atoms with Crippen molar-refractivity contribution in [3.63, 3.8) is 0 Å². The molecule has 1 atom stereocenters. The van der Waals surface area contributed by atoms with Crippen LogP contribution in [-0.2, 0) is 11.2 Å². The number of halogens is 1. The zero-order valence-corrected chi connectivity index (χ0v) is 14.8. The van der Waals surface area contributed by atoms with Gasteiger partial charge in [0.15, 0.2) is 0 Å². The van der Waals surface area contributed by atoms with Gasteiger partial charge in [-0.15, -0.1) is 0 Å². The summed E-state index contributed by atoms with van der Waals surface area (Å²) in [5.41, 5.74) is 0.544. The van der Waals surface area contributed by atoms with Crippen molar-refractivity contribution in [2.75, 3.05) is 6.54 Å². The van der Waals surface area contributed by atoms with E-state index >= 15 is 0 Å². The van der Waals surface area contributed by atoms with E-state index in [1.165, 1.54) is 0 Å². The van der Waals surface area contributed by atoms with Crippen LogP contribution in [0.1, 0.15) is 58.8 Å². The van der Waals surface area contributed by atoms with Crippen molar-refractivity contribution in [2.24, 2.45) is 0 Å². The Morgan fingerprint density at radius 2 is 2.19 bits per heavy atom. The van der Waals surface area contributed by atoms with Gasteiger partial charge in [0.2, 0.25) is 0 Å². The van der Waals surface area contributed by atoms with Crippen molar-refractivity contribution in [3.8, 4) is 0 Å². The number of aromatic nitrogens is 2.